The third-order valence-electron chi connectivity index (χ3n) is 6.03. The van der Waals surface area contributed by atoms with E-state index in [1.165, 1.54) is 6.92 Å². The van der Waals surface area contributed by atoms with Gasteiger partial charge in [-0.2, -0.15) is 0 Å². The van der Waals surface area contributed by atoms with Crippen LogP contribution in [0.25, 0.3) is 16.9 Å². The molecule has 0 bridgehead atoms. The Bertz CT molecular complexity index is 1380. The number of hydrogen-bond donors (Lipinski definition) is 1. The fraction of sp³-hybridized carbons (Fsp3) is 0.200. The molecule has 4 aromatic rings. The Morgan fingerprint density at radius 1 is 0.892 bits per heavy atom. The minimum Gasteiger partial charge on any atom is -0.331 e. The molecule has 37 heavy (non-hydrogen) atoms. The Balaban J connectivity index is 1.52. The van der Waals surface area contributed by atoms with Crippen LogP contribution in [0.1, 0.15) is 36.7 Å². The van der Waals surface area contributed by atoms with E-state index in [-0.39, 0.29) is 36.6 Å². The summed E-state index contributed by atoms with van der Waals surface area (Å²) in [4.78, 5) is 44.0. The van der Waals surface area contributed by atoms with Crippen molar-refractivity contribution in [2.45, 2.75) is 33.2 Å². The van der Waals surface area contributed by atoms with Crippen molar-refractivity contribution in [3.8, 4) is 16.9 Å². The molecule has 0 saturated carbocycles. The molecule has 4 rings (SSSR count). The number of benzene rings is 3. The zero-order valence-corrected chi connectivity index (χ0v) is 21.2. The van der Waals surface area contributed by atoms with Gasteiger partial charge in [0.15, 0.2) is 5.78 Å². The molecule has 1 N–H and O–H groups in total. The zero-order valence-electron chi connectivity index (χ0n) is 21.2. The van der Waals surface area contributed by atoms with Crippen molar-refractivity contribution in [2.75, 3.05) is 11.9 Å². The van der Waals surface area contributed by atoms with Gasteiger partial charge >= 0.3 is 0 Å². The van der Waals surface area contributed by atoms with E-state index in [0.29, 0.717) is 11.5 Å². The van der Waals surface area contributed by atoms with Gasteiger partial charge < -0.3 is 4.90 Å². The number of para-hydroxylation sites is 1. The lowest BCUT2D eigenvalue weighted by atomic mass is 10.1. The average Bonchev–Trinajstić information content (AvgIpc) is 3.32. The van der Waals surface area contributed by atoms with Crippen molar-refractivity contribution in [2.24, 2.45) is 0 Å². The molecule has 0 atom stereocenters. The van der Waals surface area contributed by atoms with Gasteiger partial charge in [-0.25, -0.2) is 4.98 Å². The number of aromatic nitrogens is 2. The van der Waals surface area contributed by atoms with Gasteiger partial charge in [0.1, 0.15) is 6.54 Å². The second-order valence-corrected chi connectivity index (χ2v) is 9.11. The summed E-state index contributed by atoms with van der Waals surface area (Å²) in [5.74, 6) is -0.151. The molecule has 0 saturated heterocycles. The number of imidazole rings is 1. The number of ketones is 1. The summed E-state index contributed by atoms with van der Waals surface area (Å²) in [7, 11) is 0. The Labute approximate surface area is 216 Å². The molecular weight excluding hydrogens is 464 g/mol. The lowest BCUT2D eigenvalue weighted by molar-refractivity contribution is -0.135. The fourth-order valence-electron chi connectivity index (χ4n) is 4.01. The average molecular weight is 495 g/mol. The molecule has 0 radical (unpaired) electrons. The summed E-state index contributed by atoms with van der Waals surface area (Å²) < 4.78 is 1.83. The lowest BCUT2D eigenvalue weighted by Gasteiger charge is -2.26. The minimum absolute atomic E-state index is 0.0253. The van der Waals surface area contributed by atoms with Crippen LogP contribution in [0.5, 0.6) is 0 Å². The molecule has 0 aliphatic carbocycles. The van der Waals surface area contributed by atoms with Crippen molar-refractivity contribution in [3.05, 3.63) is 102 Å². The van der Waals surface area contributed by atoms with Gasteiger partial charge in [0.05, 0.1) is 12.1 Å². The third-order valence-corrected chi connectivity index (χ3v) is 6.03. The van der Waals surface area contributed by atoms with E-state index in [0.717, 1.165) is 22.5 Å². The molecule has 0 aliphatic rings. The van der Waals surface area contributed by atoms with Gasteiger partial charge in [-0.15, -0.1) is 0 Å². The largest absolute Gasteiger partial charge is 0.331 e. The van der Waals surface area contributed by atoms with Crippen molar-refractivity contribution in [1.82, 2.24) is 14.5 Å². The third kappa shape index (κ3) is 6.38. The minimum atomic E-state index is -0.337. The van der Waals surface area contributed by atoms with Gasteiger partial charge in [0, 0.05) is 29.1 Å². The van der Waals surface area contributed by atoms with Crippen molar-refractivity contribution in [1.29, 1.82) is 0 Å². The summed E-state index contributed by atoms with van der Waals surface area (Å²) in [6.07, 6.45) is 2.02. The van der Waals surface area contributed by atoms with Crippen molar-refractivity contribution >= 4 is 23.5 Å². The van der Waals surface area contributed by atoms with E-state index in [9.17, 15) is 14.4 Å². The maximum atomic E-state index is 13.1. The maximum absolute atomic E-state index is 13.1. The highest BCUT2D eigenvalue weighted by molar-refractivity contribution is 5.95. The van der Waals surface area contributed by atoms with E-state index in [4.69, 9.17) is 0 Å². The van der Waals surface area contributed by atoms with Crippen LogP contribution in [-0.2, 0) is 16.0 Å². The predicted molar refractivity (Wildman–Crippen MR) is 145 cm³/mol. The SMILES string of the molecule is CC(=O)c1ccc(CC(=O)N(CC(=O)Nc2nc(-c3ccccc3)cn2-c2ccccc2)C(C)C)cc1. The first-order valence-corrected chi connectivity index (χ1v) is 12.2. The summed E-state index contributed by atoms with van der Waals surface area (Å²) in [6, 6.07) is 26.2. The van der Waals surface area contributed by atoms with Crippen LogP contribution in [0, 0.1) is 0 Å². The van der Waals surface area contributed by atoms with E-state index < -0.39 is 0 Å². The highest BCUT2D eigenvalue weighted by atomic mass is 16.2. The maximum Gasteiger partial charge on any atom is 0.246 e. The second-order valence-electron chi connectivity index (χ2n) is 9.11. The van der Waals surface area contributed by atoms with Crippen LogP contribution in [-0.4, -0.2) is 44.6 Å². The number of nitrogens with one attached hydrogen (secondary N) is 1. The molecule has 1 heterocycles. The summed E-state index contributed by atoms with van der Waals surface area (Å²) in [6.45, 7) is 5.15. The number of hydrogen-bond acceptors (Lipinski definition) is 4. The molecule has 188 valence electrons. The van der Waals surface area contributed by atoms with E-state index in [1.807, 2.05) is 85.3 Å². The molecule has 0 aliphatic heterocycles. The second kappa shape index (κ2) is 11.5. The van der Waals surface area contributed by atoms with E-state index >= 15 is 0 Å². The highest BCUT2D eigenvalue weighted by Gasteiger charge is 2.22. The molecule has 0 fully saturated rings. The van der Waals surface area contributed by atoms with Crippen LogP contribution < -0.4 is 5.32 Å². The lowest BCUT2D eigenvalue weighted by Crippen LogP contribution is -2.43. The summed E-state index contributed by atoms with van der Waals surface area (Å²) in [5.41, 5.74) is 3.90. The van der Waals surface area contributed by atoms with Crippen LogP contribution >= 0.6 is 0 Å². The Kier molecular flexibility index (Phi) is 7.93. The summed E-state index contributed by atoms with van der Waals surface area (Å²) in [5, 5.41) is 2.90. The fourth-order valence-corrected chi connectivity index (χ4v) is 4.01. The quantitative estimate of drug-likeness (QED) is 0.326. The first-order valence-electron chi connectivity index (χ1n) is 12.2. The molecule has 0 spiro atoms. The number of Topliss-reactive ketones (excluding diaryl/α,β-unsaturated/α-hetero) is 1. The highest BCUT2D eigenvalue weighted by Crippen LogP contribution is 2.24. The van der Waals surface area contributed by atoms with Crippen molar-refractivity contribution in [3.63, 3.8) is 0 Å². The first kappa shape index (κ1) is 25.6. The first-order chi connectivity index (χ1) is 17.8. The van der Waals surface area contributed by atoms with Gasteiger partial charge in [-0.1, -0.05) is 72.8 Å². The normalized spacial score (nSPS) is 10.8. The predicted octanol–water partition coefficient (Wildman–Crippen LogP) is 5.16. The van der Waals surface area contributed by atoms with Gasteiger partial charge in [0.2, 0.25) is 17.8 Å². The van der Waals surface area contributed by atoms with Gasteiger partial charge in [-0.05, 0) is 38.5 Å². The Morgan fingerprint density at radius 2 is 1.51 bits per heavy atom. The number of amides is 2. The number of anilines is 1. The van der Waals surface area contributed by atoms with Crippen LogP contribution in [0.15, 0.2) is 91.1 Å². The number of rotatable bonds is 9. The Morgan fingerprint density at radius 3 is 2.11 bits per heavy atom. The standard InChI is InChI=1S/C30H30N4O3/c1-21(2)33(29(37)18-23-14-16-24(17-15-23)22(3)35)20-28(36)32-30-31-27(25-10-6-4-7-11-25)19-34(30)26-12-8-5-9-13-26/h4-17,19,21H,18,20H2,1-3H3,(H,31,32,36). The van der Waals surface area contributed by atoms with Crippen molar-refractivity contribution < 1.29 is 14.4 Å². The topological polar surface area (TPSA) is 84.3 Å². The van der Waals surface area contributed by atoms with E-state index in [1.54, 1.807) is 29.2 Å². The van der Waals surface area contributed by atoms with Crippen LogP contribution in [0.3, 0.4) is 0 Å². The smallest absolute Gasteiger partial charge is 0.246 e. The van der Waals surface area contributed by atoms with E-state index in [2.05, 4.69) is 10.3 Å². The molecular formula is C30H30N4O3. The molecule has 7 nitrogen and oxygen atoms in total. The molecule has 7 heteroatoms. The number of carbonyl (C=O) groups is 3. The monoisotopic (exact) mass is 494 g/mol. The van der Waals surface area contributed by atoms with Crippen LogP contribution in [0.2, 0.25) is 0 Å². The van der Waals surface area contributed by atoms with Crippen LogP contribution in [0.4, 0.5) is 5.95 Å². The van der Waals surface area contributed by atoms with Gasteiger partial charge in [-0.3, -0.25) is 24.3 Å². The molecule has 1 aromatic heterocycles. The number of carbonyl (C=O) groups excluding carboxylic acids is 3. The molecule has 3 aromatic carbocycles. The number of nitrogens with zero attached hydrogens (tertiary/aromatic N) is 3. The zero-order chi connectivity index (χ0) is 26.4. The molecule has 0 unspecified atom stereocenters. The Hall–Kier alpha value is -4.52. The molecule has 2 amide bonds. The summed E-state index contributed by atoms with van der Waals surface area (Å²) >= 11 is 0. The van der Waals surface area contributed by atoms with Gasteiger partial charge in [0.25, 0.3) is 0 Å².